The SMILES string of the molecule is COc1ccccc1C1CC(c2cc(C)ccc2C)=NN1C(=O)CN1CCCCC1C. The lowest BCUT2D eigenvalue weighted by Crippen LogP contribution is -2.44. The highest BCUT2D eigenvalue weighted by Gasteiger charge is 2.36. The lowest BCUT2D eigenvalue weighted by molar-refractivity contribution is -0.135. The highest BCUT2D eigenvalue weighted by molar-refractivity contribution is 6.04. The third-order valence-electron chi connectivity index (χ3n) is 6.65. The van der Waals surface area contributed by atoms with E-state index in [2.05, 4.69) is 49.9 Å². The first-order chi connectivity index (χ1) is 15.0. The number of aryl methyl sites for hydroxylation is 2. The molecule has 2 aromatic carbocycles. The summed E-state index contributed by atoms with van der Waals surface area (Å²) < 4.78 is 5.64. The van der Waals surface area contributed by atoms with Crippen LogP contribution in [0, 0.1) is 13.8 Å². The fraction of sp³-hybridized carbons (Fsp3) is 0.462. The first-order valence-corrected chi connectivity index (χ1v) is 11.3. The number of carbonyl (C=O) groups is 1. The number of benzene rings is 2. The molecule has 2 atom stereocenters. The maximum Gasteiger partial charge on any atom is 0.257 e. The van der Waals surface area contributed by atoms with E-state index < -0.39 is 0 Å². The van der Waals surface area contributed by atoms with Gasteiger partial charge in [0.2, 0.25) is 0 Å². The van der Waals surface area contributed by atoms with Gasteiger partial charge in [-0.1, -0.05) is 42.3 Å². The van der Waals surface area contributed by atoms with Gasteiger partial charge in [0, 0.05) is 23.6 Å². The summed E-state index contributed by atoms with van der Waals surface area (Å²) in [6.45, 7) is 7.81. The summed E-state index contributed by atoms with van der Waals surface area (Å²) in [5.74, 6) is 0.860. The number of carbonyl (C=O) groups excluding carboxylic acids is 1. The van der Waals surface area contributed by atoms with Crippen LogP contribution in [0.2, 0.25) is 0 Å². The van der Waals surface area contributed by atoms with E-state index in [0.717, 1.165) is 42.0 Å². The monoisotopic (exact) mass is 419 g/mol. The van der Waals surface area contributed by atoms with Gasteiger partial charge in [-0.05, 0) is 57.9 Å². The zero-order chi connectivity index (χ0) is 22.0. The zero-order valence-corrected chi connectivity index (χ0v) is 19.1. The number of nitrogens with zero attached hydrogens (tertiary/aromatic N) is 3. The molecule has 164 valence electrons. The smallest absolute Gasteiger partial charge is 0.257 e. The van der Waals surface area contributed by atoms with Crippen LogP contribution in [0.5, 0.6) is 5.75 Å². The predicted octanol–water partition coefficient (Wildman–Crippen LogP) is 4.86. The van der Waals surface area contributed by atoms with Crippen LogP contribution < -0.4 is 4.74 Å². The summed E-state index contributed by atoms with van der Waals surface area (Å²) >= 11 is 0. The Bertz CT molecular complexity index is 984. The number of methoxy groups -OCH3 is 1. The van der Waals surface area contributed by atoms with E-state index in [0.29, 0.717) is 19.0 Å². The number of amides is 1. The number of ether oxygens (including phenoxy) is 1. The highest BCUT2D eigenvalue weighted by atomic mass is 16.5. The molecular weight excluding hydrogens is 386 g/mol. The molecule has 0 aliphatic carbocycles. The lowest BCUT2D eigenvalue weighted by Gasteiger charge is -2.34. The summed E-state index contributed by atoms with van der Waals surface area (Å²) in [5.41, 5.74) is 5.49. The average Bonchev–Trinajstić information content (AvgIpc) is 3.22. The molecule has 31 heavy (non-hydrogen) atoms. The van der Waals surface area contributed by atoms with Crippen LogP contribution in [-0.2, 0) is 4.79 Å². The number of para-hydroxylation sites is 1. The molecule has 2 unspecified atom stereocenters. The van der Waals surface area contributed by atoms with E-state index in [1.807, 2.05) is 18.2 Å². The van der Waals surface area contributed by atoms with Gasteiger partial charge in [0.1, 0.15) is 5.75 Å². The third-order valence-corrected chi connectivity index (χ3v) is 6.65. The minimum Gasteiger partial charge on any atom is -0.496 e. The summed E-state index contributed by atoms with van der Waals surface area (Å²) in [5, 5.41) is 6.62. The first kappa shape index (κ1) is 21.6. The number of hydrogen-bond acceptors (Lipinski definition) is 4. The van der Waals surface area contributed by atoms with E-state index in [9.17, 15) is 4.79 Å². The molecule has 0 saturated carbocycles. The van der Waals surface area contributed by atoms with Crippen molar-refractivity contribution in [3.63, 3.8) is 0 Å². The molecule has 2 aliphatic rings. The van der Waals surface area contributed by atoms with E-state index in [1.54, 1.807) is 12.1 Å². The summed E-state index contributed by atoms with van der Waals surface area (Å²) in [6, 6.07) is 14.7. The first-order valence-electron chi connectivity index (χ1n) is 11.3. The molecular formula is C26H33N3O2. The van der Waals surface area contributed by atoms with Gasteiger partial charge < -0.3 is 4.74 Å². The van der Waals surface area contributed by atoms with Crippen LogP contribution in [0.1, 0.15) is 60.9 Å². The van der Waals surface area contributed by atoms with Gasteiger partial charge in [-0.25, -0.2) is 5.01 Å². The molecule has 0 bridgehead atoms. The van der Waals surface area contributed by atoms with Crippen LogP contribution in [-0.4, -0.2) is 47.8 Å². The number of piperidine rings is 1. The molecule has 1 fully saturated rings. The molecule has 5 nitrogen and oxygen atoms in total. The lowest BCUT2D eigenvalue weighted by atomic mass is 9.94. The maximum absolute atomic E-state index is 13.5. The predicted molar refractivity (Wildman–Crippen MR) is 125 cm³/mol. The van der Waals surface area contributed by atoms with E-state index in [4.69, 9.17) is 9.84 Å². The number of rotatable bonds is 5. The second-order valence-electron chi connectivity index (χ2n) is 8.88. The largest absolute Gasteiger partial charge is 0.496 e. The van der Waals surface area contributed by atoms with Gasteiger partial charge in [0.05, 0.1) is 25.4 Å². The van der Waals surface area contributed by atoms with E-state index >= 15 is 0 Å². The van der Waals surface area contributed by atoms with Crippen molar-refractivity contribution in [1.29, 1.82) is 0 Å². The van der Waals surface area contributed by atoms with Crippen molar-refractivity contribution in [1.82, 2.24) is 9.91 Å². The molecule has 4 rings (SSSR count). The minimum absolute atomic E-state index is 0.0602. The summed E-state index contributed by atoms with van der Waals surface area (Å²) in [6.07, 6.45) is 4.24. The van der Waals surface area contributed by atoms with Gasteiger partial charge in [-0.2, -0.15) is 5.10 Å². The Balaban J connectivity index is 1.68. The average molecular weight is 420 g/mol. The summed E-state index contributed by atoms with van der Waals surface area (Å²) in [4.78, 5) is 15.8. The van der Waals surface area contributed by atoms with Crippen molar-refractivity contribution in [2.24, 2.45) is 5.10 Å². The molecule has 1 amide bonds. The standard InChI is InChI=1S/C26H33N3O2/c1-18-12-13-19(2)22(15-18)23-16-24(21-10-5-6-11-25(21)31-4)29(27-23)26(30)17-28-14-8-7-9-20(28)3/h5-6,10-13,15,20,24H,7-9,14,16-17H2,1-4H3. The Hall–Kier alpha value is -2.66. The minimum atomic E-state index is -0.154. The molecule has 2 aliphatic heterocycles. The van der Waals surface area contributed by atoms with E-state index in [1.165, 1.54) is 17.5 Å². The molecule has 2 heterocycles. The normalized spacial score (nSPS) is 21.8. The van der Waals surface area contributed by atoms with Crippen molar-refractivity contribution in [2.45, 2.75) is 58.5 Å². The van der Waals surface area contributed by atoms with Crippen LogP contribution in [0.4, 0.5) is 0 Å². The molecule has 0 radical (unpaired) electrons. The van der Waals surface area contributed by atoms with Crippen LogP contribution in [0.15, 0.2) is 47.6 Å². The van der Waals surface area contributed by atoms with Crippen molar-refractivity contribution in [3.8, 4) is 5.75 Å². The Kier molecular flexibility index (Phi) is 6.42. The fourth-order valence-corrected chi connectivity index (χ4v) is 4.77. The van der Waals surface area contributed by atoms with Gasteiger partial charge >= 0.3 is 0 Å². The topological polar surface area (TPSA) is 45.1 Å². The van der Waals surface area contributed by atoms with E-state index in [-0.39, 0.29) is 11.9 Å². The van der Waals surface area contributed by atoms with Crippen molar-refractivity contribution in [2.75, 3.05) is 20.2 Å². The molecule has 5 heteroatoms. The van der Waals surface area contributed by atoms with Gasteiger partial charge in [0.25, 0.3) is 5.91 Å². The zero-order valence-electron chi connectivity index (χ0n) is 19.1. The molecule has 0 spiro atoms. The molecule has 0 aromatic heterocycles. The Labute approximate surface area is 185 Å². The number of hydrogen-bond donors (Lipinski definition) is 0. The third kappa shape index (κ3) is 4.52. The molecule has 2 aromatic rings. The van der Waals surface area contributed by atoms with Crippen LogP contribution in [0.3, 0.4) is 0 Å². The Morgan fingerprint density at radius 1 is 1.16 bits per heavy atom. The molecule has 1 saturated heterocycles. The second kappa shape index (κ2) is 9.23. The number of likely N-dealkylation sites (tertiary alicyclic amines) is 1. The maximum atomic E-state index is 13.5. The summed E-state index contributed by atoms with van der Waals surface area (Å²) in [7, 11) is 1.68. The Morgan fingerprint density at radius 3 is 2.74 bits per heavy atom. The Morgan fingerprint density at radius 2 is 1.97 bits per heavy atom. The number of hydrazone groups is 1. The van der Waals surface area contributed by atoms with Crippen molar-refractivity contribution >= 4 is 11.6 Å². The van der Waals surface area contributed by atoms with Crippen molar-refractivity contribution < 1.29 is 9.53 Å². The van der Waals surface area contributed by atoms with Crippen LogP contribution in [0.25, 0.3) is 0 Å². The van der Waals surface area contributed by atoms with Gasteiger partial charge in [-0.3, -0.25) is 9.69 Å². The van der Waals surface area contributed by atoms with Gasteiger partial charge in [0.15, 0.2) is 0 Å². The molecule has 0 N–H and O–H groups in total. The fourth-order valence-electron chi connectivity index (χ4n) is 4.77. The second-order valence-corrected chi connectivity index (χ2v) is 8.88. The van der Waals surface area contributed by atoms with Crippen LogP contribution >= 0.6 is 0 Å². The van der Waals surface area contributed by atoms with Crippen molar-refractivity contribution in [3.05, 3.63) is 64.7 Å². The van der Waals surface area contributed by atoms with Gasteiger partial charge in [-0.15, -0.1) is 0 Å². The highest BCUT2D eigenvalue weighted by Crippen LogP contribution is 2.38. The quantitative estimate of drug-likeness (QED) is 0.695.